The van der Waals surface area contributed by atoms with Crippen LogP contribution in [0.1, 0.15) is 37.9 Å². The quantitative estimate of drug-likeness (QED) is 0.782. The predicted molar refractivity (Wildman–Crippen MR) is 69.2 cm³/mol. The highest BCUT2D eigenvalue weighted by Gasteiger charge is 2.17. The SMILES string of the molecule is CCC(N)c1cn(CC(=O)NC2CCOCC2)nn1. The lowest BCUT2D eigenvalue weighted by molar-refractivity contribution is -0.123. The van der Waals surface area contributed by atoms with Crippen molar-refractivity contribution in [1.82, 2.24) is 20.3 Å². The van der Waals surface area contributed by atoms with Crippen molar-refractivity contribution in [3.63, 3.8) is 0 Å². The number of rotatable bonds is 5. The summed E-state index contributed by atoms with van der Waals surface area (Å²) in [6, 6.07) is 0.0921. The van der Waals surface area contributed by atoms with Gasteiger partial charge in [-0.1, -0.05) is 12.1 Å². The van der Waals surface area contributed by atoms with Gasteiger partial charge in [-0.2, -0.15) is 0 Å². The molecule has 7 heteroatoms. The topological polar surface area (TPSA) is 95.1 Å². The van der Waals surface area contributed by atoms with E-state index in [1.807, 2.05) is 6.92 Å². The second-order valence-corrected chi connectivity index (χ2v) is 4.81. The molecule has 0 spiro atoms. The molecule has 7 nitrogen and oxygen atoms in total. The third-order valence-electron chi connectivity index (χ3n) is 3.27. The molecule has 1 fully saturated rings. The van der Waals surface area contributed by atoms with Gasteiger partial charge in [-0.05, 0) is 19.3 Å². The zero-order valence-electron chi connectivity index (χ0n) is 11.2. The zero-order valence-corrected chi connectivity index (χ0v) is 11.2. The van der Waals surface area contributed by atoms with Crippen molar-refractivity contribution < 1.29 is 9.53 Å². The van der Waals surface area contributed by atoms with Crippen LogP contribution in [0.25, 0.3) is 0 Å². The Balaban J connectivity index is 1.82. The van der Waals surface area contributed by atoms with E-state index in [4.69, 9.17) is 10.5 Å². The molecule has 19 heavy (non-hydrogen) atoms. The van der Waals surface area contributed by atoms with E-state index in [-0.39, 0.29) is 24.5 Å². The molecule has 1 aromatic rings. The summed E-state index contributed by atoms with van der Waals surface area (Å²) in [4.78, 5) is 11.9. The highest BCUT2D eigenvalue weighted by atomic mass is 16.5. The number of nitrogens with one attached hydrogen (secondary N) is 1. The van der Waals surface area contributed by atoms with E-state index in [0.29, 0.717) is 13.2 Å². The number of carbonyl (C=O) groups excluding carboxylic acids is 1. The van der Waals surface area contributed by atoms with Crippen LogP contribution in [-0.4, -0.2) is 40.2 Å². The Morgan fingerprint density at radius 1 is 1.63 bits per heavy atom. The fourth-order valence-electron chi connectivity index (χ4n) is 2.03. The Morgan fingerprint density at radius 3 is 3.05 bits per heavy atom. The Morgan fingerprint density at radius 2 is 2.37 bits per heavy atom. The van der Waals surface area contributed by atoms with Gasteiger partial charge in [0.25, 0.3) is 0 Å². The Bertz CT molecular complexity index is 414. The molecule has 1 aliphatic heterocycles. The van der Waals surface area contributed by atoms with Crippen molar-refractivity contribution in [2.45, 2.75) is 44.8 Å². The maximum absolute atomic E-state index is 11.9. The molecule has 0 saturated carbocycles. The highest BCUT2D eigenvalue weighted by Crippen LogP contribution is 2.09. The molecule has 1 unspecified atom stereocenters. The van der Waals surface area contributed by atoms with Crippen LogP contribution in [0.3, 0.4) is 0 Å². The molecule has 0 radical (unpaired) electrons. The lowest BCUT2D eigenvalue weighted by Crippen LogP contribution is -2.40. The molecule has 0 aromatic carbocycles. The minimum Gasteiger partial charge on any atom is -0.381 e. The number of nitrogens with two attached hydrogens (primary N) is 1. The first-order valence-electron chi connectivity index (χ1n) is 6.71. The Labute approximate surface area is 112 Å². The van der Waals surface area contributed by atoms with Crippen LogP contribution in [-0.2, 0) is 16.1 Å². The van der Waals surface area contributed by atoms with E-state index in [2.05, 4.69) is 15.6 Å². The number of amides is 1. The summed E-state index contributed by atoms with van der Waals surface area (Å²) in [6.07, 6.45) is 4.27. The van der Waals surface area contributed by atoms with E-state index >= 15 is 0 Å². The van der Waals surface area contributed by atoms with Crippen molar-refractivity contribution >= 4 is 5.91 Å². The molecule has 1 saturated heterocycles. The summed E-state index contributed by atoms with van der Waals surface area (Å²) in [7, 11) is 0. The number of aromatic nitrogens is 3. The average Bonchev–Trinajstić information content (AvgIpc) is 2.87. The lowest BCUT2D eigenvalue weighted by atomic mass is 10.1. The van der Waals surface area contributed by atoms with Crippen LogP contribution in [0, 0.1) is 0 Å². The second kappa shape index (κ2) is 6.63. The summed E-state index contributed by atoms with van der Waals surface area (Å²) in [5.74, 6) is -0.0478. The van der Waals surface area contributed by atoms with Gasteiger partial charge in [-0.25, -0.2) is 4.68 Å². The van der Waals surface area contributed by atoms with Crippen molar-refractivity contribution in [1.29, 1.82) is 0 Å². The summed E-state index contributed by atoms with van der Waals surface area (Å²) >= 11 is 0. The van der Waals surface area contributed by atoms with Gasteiger partial charge >= 0.3 is 0 Å². The standard InChI is InChI=1S/C12H21N5O2/c1-2-10(13)11-7-17(16-15-11)8-12(18)14-9-3-5-19-6-4-9/h7,9-10H,2-6,8,13H2,1H3,(H,14,18). The van der Waals surface area contributed by atoms with Crippen LogP contribution in [0.2, 0.25) is 0 Å². The van der Waals surface area contributed by atoms with Crippen LogP contribution >= 0.6 is 0 Å². The third kappa shape index (κ3) is 4.00. The second-order valence-electron chi connectivity index (χ2n) is 4.81. The van der Waals surface area contributed by atoms with Gasteiger partial charge in [0.1, 0.15) is 6.54 Å². The van der Waals surface area contributed by atoms with E-state index in [0.717, 1.165) is 25.0 Å². The van der Waals surface area contributed by atoms with Crippen LogP contribution in [0.15, 0.2) is 6.20 Å². The van der Waals surface area contributed by atoms with Gasteiger partial charge < -0.3 is 15.8 Å². The number of hydrogen-bond acceptors (Lipinski definition) is 5. The Kier molecular flexibility index (Phi) is 4.86. The molecule has 1 aromatic heterocycles. The summed E-state index contributed by atoms with van der Waals surface area (Å²) in [5, 5.41) is 10.9. The largest absolute Gasteiger partial charge is 0.381 e. The fourth-order valence-corrected chi connectivity index (χ4v) is 2.03. The third-order valence-corrected chi connectivity index (χ3v) is 3.27. The van der Waals surface area contributed by atoms with Crippen LogP contribution in [0.4, 0.5) is 0 Å². The summed E-state index contributed by atoms with van der Waals surface area (Å²) in [6.45, 7) is 3.59. The van der Waals surface area contributed by atoms with Crippen molar-refractivity contribution in [3.05, 3.63) is 11.9 Å². The summed E-state index contributed by atoms with van der Waals surface area (Å²) in [5.41, 5.74) is 6.58. The first kappa shape index (κ1) is 14.0. The first-order valence-corrected chi connectivity index (χ1v) is 6.71. The minimum atomic E-state index is -0.118. The molecule has 1 aliphatic rings. The van der Waals surface area contributed by atoms with Gasteiger partial charge in [0, 0.05) is 19.3 Å². The van der Waals surface area contributed by atoms with E-state index in [1.165, 1.54) is 4.68 Å². The van der Waals surface area contributed by atoms with Crippen molar-refractivity contribution in [3.8, 4) is 0 Å². The van der Waals surface area contributed by atoms with E-state index in [9.17, 15) is 4.79 Å². The summed E-state index contributed by atoms with van der Waals surface area (Å²) < 4.78 is 6.78. The highest BCUT2D eigenvalue weighted by molar-refractivity contribution is 5.75. The lowest BCUT2D eigenvalue weighted by Gasteiger charge is -2.22. The van der Waals surface area contributed by atoms with E-state index < -0.39 is 0 Å². The van der Waals surface area contributed by atoms with Crippen LogP contribution in [0.5, 0.6) is 0 Å². The van der Waals surface area contributed by atoms with Gasteiger partial charge in [0.2, 0.25) is 5.91 Å². The van der Waals surface area contributed by atoms with Gasteiger partial charge in [0.15, 0.2) is 0 Å². The van der Waals surface area contributed by atoms with Gasteiger partial charge in [0.05, 0.1) is 17.9 Å². The Hall–Kier alpha value is -1.47. The molecule has 106 valence electrons. The number of ether oxygens (including phenoxy) is 1. The minimum absolute atomic E-state index is 0.0478. The molecule has 0 bridgehead atoms. The van der Waals surface area contributed by atoms with E-state index in [1.54, 1.807) is 6.20 Å². The fraction of sp³-hybridized carbons (Fsp3) is 0.750. The predicted octanol–water partition coefficient (Wildman–Crippen LogP) is -0.0169. The average molecular weight is 267 g/mol. The monoisotopic (exact) mass is 267 g/mol. The molecule has 1 atom stereocenters. The number of nitrogens with zero attached hydrogens (tertiary/aromatic N) is 3. The number of carbonyl (C=O) groups is 1. The molecular weight excluding hydrogens is 246 g/mol. The maximum Gasteiger partial charge on any atom is 0.242 e. The van der Waals surface area contributed by atoms with Gasteiger partial charge in [-0.3, -0.25) is 4.79 Å². The molecule has 2 rings (SSSR count). The zero-order chi connectivity index (χ0) is 13.7. The van der Waals surface area contributed by atoms with Gasteiger partial charge in [-0.15, -0.1) is 5.10 Å². The molecule has 2 heterocycles. The smallest absolute Gasteiger partial charge is 0.242 e. The first-order chi connectivity index (χ1) is 9.19. The molecular formula is C12H21N5O2. The normalized spacial score (nSPS) is 18.2. The maximum atomic E-state index is 11.9. The van der Waals surface area contributed by atoms with Crippen LogP contribution < -0.4 is 11.1 Å². The molecule has 3 N–H and O–H groups in total. The number of hydrogen-bond donors (Lipinski definition) is 2. The van der Waals surface area contributed by atoms with Crippen molar-refractivity contribution in [2.24, 2.45) is 5.73 Å². The molecule has 1 amide bonds. The molecule has 0 aliphatic carbocycles. The van der Waals surface area contributed by atoms with Crippen molar-refractivity contribution in [2.75, 3.05) is 13.2 Å².